The summed E-state index contributed by atoms with van der Waals surface area (Å²) in [5, 5.41) is 13.2. The molecule has 162 valence electrons. The van der Waals surface area contributed by atoms with Crippen LogP contribution in [0.5, 0.6) is 0 Å². The summed E-state index contributed by atoms with van der Waals surface area (Å²) in [6.07, 6.45) is 3.59. The lowest BCUT2D eigenvalue weighted by Crippen LogP contribution is -2.19. The third-order valence-electron chi connectivity index (χ3n) is 4.89. The number of nitrogens with one attached hydrogen (secondary N) is 5. The number of fused-ring (bicyclic) bond motifs is 1. The first-order chi connectivity index (χ1) is 16.2. The average Bonchev–Trinajstić information content (AvgIpc) is 3.28. The molecule has 0 unspecified atom stereocenters. The van der Waals surface area contributed by atoms with Crippen LogP contribution in [0.25, 0.3) is 10.9 Å². The molecule has 0 saturated heterocycles. The third kappa shape index (κ3) is 5.08. The Morgan fingerprint density at radius 1 is 0.727 bits per heavy atom. The van der Waals surface area contributed by atoms with Crippen LogP contribution in [0.2, 0.25) is 0 Å². The lowest BCUT2D eigenvalue weighted by Gasteiger charge is -2.11. The number of hydrogen-bond acceptors (Lipinski definition) is 5. The van der Waals surface area contributed by atoms with Crippen molar-refractivity contribution in [2.24, 2.45) is 0 Å². The second kappa shape index (κ2) is 9.11. The number of hydrogen-bond donors (Lipinski definition) is 5. The van der Waals surface area contributed by atoms with Crippen LogP contribution in [-0.2, 0) is 0 Å². The van der Waals surface area contributed by atoms with E-state index in [0.717, 1.165) is 28.0 Å². The molecule has 0 aliphatic heterocycles. The van der Waals surface area contributed by atoms with E-state index in [4.69, 9.17) is 0 Å². The summed E-state index contributed by atoms with van der Waals surface area (Å²) in [7, 11) is 0. The second-order valence-corrected chi connectivity index (χ2v) is 7.32. The molecule has 3 aromatic carbocycles. The summed E-state index contributed by atoms with van der Waals surface area (Å²) in [5.41, 5.74) is 4.08. The molecule has 0 radical (unpaired) electrons. The molecule has 2 amide bonds. The van der Waals surface area contributed by atoms with Crippen LogP contribution in [-0.4, -0.2) is 21.0 Å². The van der Waals surface area contributed by atoms with E-state index in [1.807, 2.05) is 85.1 Å². The maximum Gasteiger partial charge on any atom is 0.323 e. The zero-order valence-corrected chi connectivity index (χ0v) is 17.5. The van der Waals surface area contributed by atoms with Crippen molar-refractivity contribution in [2.75, 3.05) is 21.3 Å². The summed E-state index contributed by atoms with van der Waals surface area (Å²) in [6, 6.07) is 26.2. The first kappa shape index (κ1) is 20.1. The van der Waals surface area contributed by atoms with Crippen LogP contribution < -0.4 is 21.3 Å². The normalized spacial score (nSPS) is 10.5. The summed E-state index contributed by atoms with van der Waals surface area (Å²) < 4.78 is 0. The maximum absolute atomic E-state index is 12.3. The number of rotatable bonds is 6. The molecule has 33 heavy (non-hydrogen) atoms. The van der Waals surface area contributed by atoms with Gasteiger partial charge in [-0.25, -0.2) is 9.78 Å². The molecular weight excluding hydrogens is 414 g/mol. The predicted octanol–water partition coefficient (Wildman–Crippen LogP) is 6.09. The minimum atomic E-state index is -0.320. The molecule has 0 saturated carbocycles. The lowest BCUT2D eigenvalue weighted by atomic mass is 10.2. The summed E-state index contributed by atoms with van der Waals surface area (Å²) in [5.74, 6) is 1.10. The first-order valence-corrected chi connectivity index (χ1v) is 10.4. The molecule has 0 fully saturated rings. The lowest BCUT2D eigenvalue weighted by molar-refractivity contribution is 0.262. The van der Waals surface area contributed by atoms with E-state index in [0.29, 0.717) is 17.5 Å². The average molecular weight is 435 g/mol. The van der Waals surface area contributed by atoms with Gasteiger partial charge >= 0.3 is 6.03 Å². The topological polar surface area (TPSA) is 107 Å². The molecule has 5 N–H and O–H groups in total. The van der Waals surface area contributed by atoms with Crippen LogP contribution in [0.4, 0.5) is 39.3 Å². The number of urea groups is 1. The fraction of sp³-hybridized carbons (Fsp3) is 0. The van der Waals surface area contributed by atoms with Gasteiger partial charge in [-0.3, -0.25) is 0 Å². The molecule has 8 nitrogen and oxygen atoms in total. The van der Waals surface area contributed by atoms with Gasteiger partial charge in [0.25, 0.3) is 0 Å². The van der Waals surface area contributed by atoms with Crippen LogP contribution >= 0.6 is 0 Å². The Morgan fingerprint density at radius 2 is 1.52 bits per heavy atom. The van der Waals surface area contributed by atoms with Gasteiger partial charge < -0.3 is 26.3 Å². The number of carbonyl (C=O) groups excluding carboxylic acids is 1. The largest absolute Gasteiger partial charge is 0.361 e. The predicted molar refractivity (Wildman–Crippen MR) is 132 cm³/mol. The van der Waals surface area contributed by atoms with E-state index in [1.165, 1.54) is 0 Å². The number of amides is 2. The van der Waals surface area contributed by atoms with Gasteiger partial charge in [-0.1, -0.05) is 30.3 Å². The first-order valence-electron chi connectivity index (χ1n) is 10.4. The van der Waals surface area contributed by atoms with Gasteiger partial charge in [0, 0.05) is 40.7 Å². The Labute approximate surface area is 190 Å². The quantitative estimate of drug-likeness (QED) is 0.222. The second-order valence-electron chi connectivity index (χ2n) is 7.32. The van der Waals surface area contributed by atoms with E-state index < -0.39 is 0 Å². The number of H-pyrrole nitrogens is 1. The Hall–Kier alpha value is -4.85. The smallest absolute Gasteiger partial charge is 0.323 e. The summed E-state index contributed by atoms with van der Waals surface area (Å²) in [4.78, 5) is 24.3. The summed E-state index contributed by atoms with van der Waals surface area (Å²) >= 11 is 0. The minimum absolute atomic E-state index is 0.320. The van der Waals surface area contributed by atoms with Crippen molar-refractivity contribution in [3.8, 4) is 0 Å². The zero-order valence-electron chi connectivity index (χ0n) is 17.5. The number of carbonyl (C=O) groups is 1. The molecule has 5 rings (SSSR count). The van der Waals surface area contributed by atoms with E-state index in [1.54, 1.807) is 12.3 Å². The van der Waals surface area contributed by atoms with Gasteiger partial charge in [0.15, 0.2) is 0 Å². The van der Waals surface area contributed by atoms with Crippen LogP contribution in [0, 0.1) is 0 Å². The highest BCUT2D eigenvalue weighted by Crippen LogP contribution is 2.22. The fourth-order valence-electron chi connectivity index (χ4n) is 3.38. The Bertz CT molecular complexity index is 1400. The van der Waals surface area contributed by atoms with E-state index >= 15 is 0 Å². The van der Waals surface area contributed by atoms with Gasteiger partial charge in [-0.05, 0) is 60.0 Å². The minimum Gasteiger partial charge on any atom is -0.361 e. The molecule has 0 aliphatic rings. The van der Waals surface area contributed by atoms with Crippen molar-refractivity contribution in [1.82, 2.24) is 15.0 Å². The summed E-state index contributed by atoms with van der Waals surface area (Å²) in [6.45, 7) is 0. The van der Waals surface area contributed by atoms with Crippen molar-refractivity contribution in [1.29, 1.82) is 0 Å². The maximum atomic E-state index is 12.3. The number of aromatic amines is 1. The standard InChI is InChI=1S/C25H21N7O/c33-25(30-18-5-2-1-3-6-18)31-20-8-4-7-19(15-20)29-24-27-14-12-23(32-24)28-21-10-9-17-11-13-26-22(17)16-21/h1-16,26H,(H2,30,31,33)(H2,27,28,29,32). The van der Waals surface area contributed by atoms with Crippen molar-refractivity contribution >= 4 is 51.4 Å². The Kier molecular flexibility index (Phi) is 5.54. The third-order valence-corrected chi connectivity index (χ3v) is 4.89. The van der Waals surface area contributed by atoms with Gasteiger partial charge in [0.05, 0.1) is 0 Å². The van der Waals surface area contributed by atoms with Gasteiger partial charge in [0.2, 0.25) is 5.95 Å². The van der Waals surface area contributed by atoms with Crippen molar-refractivity contribution in [2.45, 2.75) is 0 Å². The number of nitrogens with zero attached hydrogens (tertiary/aromatic N) is 2. The molecular formula is C25H21N7O. The monoisotopic (exact) mass is 435 g/mol. The zero-order chi connectivity index (χ0) is 22.5. The highest BCUT2D eigenvalue weighted by molar-refractivity contribution is 6.00. The van der Waals surface area contributed by atoms with E-state index in [9.17, 15) is 4.79 Å². The van der Waals surface area contributed by atoms with Crippen molar-refractivity contribution in [3.63, 3.8) is 0 Å². The van der Waals surface area contributed by atoms with E-state index in [-0.39, 0.29) is 6.03 Å². The molecule has 2 heterocycles. The number of aromatic nitrogens is 3. The van der Waals surface area contributed by atoms with Gasteiger partial charge in [0.1, 0.15) is 5.82 Å². The SMILES string of the molecule is O=C(Nc1ccccc1)Nc1cccc(Nc2nccc(Nc3ccc4cc[nH]c4c3)n2)c1. The highest BCUT2D eigenvalue weighted by atomic mass is 16.2. The van der Waals surface area contributed by atoms with Gasteiger partial charge in [-0.2, -0.15) is 4.98 Å². The van der Waals surface area contributed by atoms with Gasteiger partial charge in [-0.15, -0.1) is 0 Å². The fourth-order valence-corrected chi connectivity index (χ4v) is 3.38. The highest BCUT2D eigenvalue weighted by Gasteiger charge is 2.06. The molecule has 2 aromatic heterocycles. The number of para-hydroxylation sites is 1. The Balaban J connectivity index is 1.25. The van der Waals surface area contributed by atoms with E-state index in [2.05, 4.69) is 36.2 Å². The van der Waals surface area contributed by atoms with Crippen LogP contribution in [0.15, 0.2) is 97.3 Å². The molecule has 0 aliphatic carbocycles. The van der Waals surface area contributed by atoms with Crippen LogP contribution in [0.1, 0.15) is 0 Å². The molecule has 0 spiro atoms. The molecule has 0 bridgehead atoms. The molecule has 8 heteroatoms. The number of anilines is 6. The number of benzene rings is 3. The molecule has 0 atom stereocenters. The van der Waals surface area contributed by atoms with Crippen molar-refractivity contribution < 1.29 is 4.79 Å². The van der Waals surface area contributed by atoms with Crippen molar-refractivity contribution in [3.05, 3.63) is 97.3 Å². The Morgan fingerprint density at radius 3 is 2.42 bits per heavy atom. The molecule has 5 aromatic rings. The van der Waals surface area contributed by atoms with Crippen LogP contribution in [0.3, 0.4) is 0 Å².